The zero-order chi connectivity index (χ0) is 25.5. The minimum Gasteiger partial charge on any atom is -0.346 e. The molecule has 0 spiro atoms. The quantitative estimate of drug-likeness (QED) is 0.227. The van der Waals surface area contributed by atoms with Gasteiger partial charge in [0, 0.05) is 58.2 Å². The van der Waals surface area contributed by atoms with Gasteiger partial charge in [-0.25, -0.2) is 0 Å². The Hall–Kier alpha value is -3.79. The van der Waals surface area contributed by atoms with E-state index >= 15 is 0 Å². The van der Waals surface area contributed by atoms with Gasteiger partial charge in [-0.3, -0.25) is 4.79 Å². The fourth-order valence-electron chi connectivity index (χ4n) is 6.39. The minimum absolute atomic E-state index is 0.105. The average molecular weight is 521 g/mol. The van der Waals surface area contributed by atoms with E-state index in [9.17, 15) is 4.79 Å². The van der Waals surface area contributed by atoms with Crippen LogP contribution in [0.2, 0.25) is 10.0 Å². The summed E-state index contributed by atoms with van der Waals surface area (Å²) in [6.07, 6.45) is 0. The topological polar surface area (TPSA) is 26.9 Å². The van der Waals surface area contributed by atoms with E-state index in [-0.39, 0.29) is 5.78 Å². The lowest BCUT2D eigenvalue weighted by molar-refractivity contribution is 0.103. The molecule has 0 unspecified atom stereocenters. The number of para-hydroxylation sites is 2. The Bertz CT molecular complexity index is 1830. The normalized spacial score (nSPS) is 14.2. The molecule has 5 heteroatoms. The molecular formula is C32H22Cl2N2O. The molecule has 0 amide bonds. The van der Waals surface area contributed by atoms with Crippen LogP contribution < -0.4 is 0 Å². The number of hydrogen-bond donors (Lipinski definition) is 0. The van der Waals surface area contributed by atoms with E-state index in [1.807, 2.05) is 54.6 Å². The van der Waals surface area contributed by atoms with Crippen LogP contribution in [0.15, 0.2) is 97.1 Å². The maximum absolute atomic E-state index is 14.0. The summed E-state index contributed by atoms with van der Waals surface area (Å²) in [5.41, 5.74) is 6.06. The van der Waals surface area contributed by atoms with Gasteiger partial charge in [0.25, 0.3) is 0 Å². The molecular weight excluding hydrogens is 499 g/mol. The molecule has 1 aliphatic rings. The van der Waals surface area contributed by atoms with Gasteiger partial charge in [0.15, 0.2) is 5.78 Å². The summed E-state index contributed by atoms with van der Waals surface area (Å²) in [7, 11) is 4.17. The van der Waals surface area contributed by atoms with Gasteiger partial charge >= 0.3 is 0 Å². The van der Waals surface area contributed by atoms with Crippen molar-refractivity contribution in [2.24, 2.45) is 14.1 Å². The van der Waals surface area contributed by atoms with Crippen molar-refractivity contribution in [2.45, 2.75) is 5.41 Å². The molecule has 0 saturated carbocycles. The highest BCUT2D eigenvalue weighted by atomic mass is 35.5. The first-order valence-electron chi connectivity index (χ1n) is 12.2. The third kappa shape index (κ3) is 2.81. The molecule has 0 fully saturated rings. The molecule has 1 aliphatic carbocycles. The van der Waals surface area contributed by atoms with Gasteiger partial charge in [-0.05, 0) is 52.7 Å². The third-order valence-electron chi connectivity index (χ3n) is 7.95. The van der Waals surface area contributed by atoms with Crippen molar-refractivity contribution >= 4 is 50.8 Å². The fraction of sp³-hybridized carbons (Fsp3) is 0.0938. The average Bonchev–Trinajstić information content (AvgIpc) is 3.43. The summed E-state index contributed by atoms with van der Waals surface area (Å²) >= 11 is 13.9. The summed E-state index contributed by atoms with van der Waals surface area (Å²) in [6, 6.07) is 32.5. The van der Waals surface area contributed by atoms with E-state index in [0.717, 1.165) is 44.3 Å². The number of aryl methyl sites for hydroxylation is 2. The van der Waals surface area contributed by atoms with E-state index in [4.69, 9.17) is 23.2 Å². The zero-order valence-electron chi connectivity index (χ0n) is 20.3. The van der Waals surface area contributed by atoms with Crippen molar-refractivity contribution in [3.63, 3.8) is 0 Å². The molecule has 2 aromatic heterocycles. The SMILES string of the molecule is Cn1c(C2(c3cc4ccccc4n3C)c3cccc(Cl)c3C(=O)c3cccc(Cl)c32)cc2ccccc21. The Labute approximate surface area is 224 Å². The van der Waals surface area contributed by atoms with Crippen LogP contribution in [-0.2, 0) is 19.5 Å². The molecule has 180 valence electrons. The predicted molar refractivity (Wildman–Crippen MR) is 151 cm³/mol. The minimum atomic E-state index is -0.899. The Kier molecular flexibility index (Phi) is 4.76. The first-order chi connectivity index (χ1) is 17.9. The number of carbonyl (C=O) groups excluding carboxylic acids is 1. The lowest BCUT2D eigenvalue weighted by Crippen LogP contribution is -2.41. The van der Waals surface area contributed by atoms with Crippen molar-refractivity contribution in [3.05, 3.63) is 141 Å². The molecule has 37 heavy (non-hydrogen) atoms. The molecule has 6 aromatic rings. The van der Waals surface area contributed by atoms with E-state index < -0.39 is 5.41 Å². The van der Waals surface area contributed by atoms with Gasteiger partial charge in [-0.15, -0.1) is 0 Å². The molecule has 2 heterocycles. The number of benzene rings is 4. The van der Waals surface area contributed by atoms with Crippen LogP contribution in [-0.4, -0.2) is 14.9 Å². The van der Waals surface area contributed by atoms with Crippen molar-refractivity contribution < 1.29 is 4.79 Å². The standard InChI is InChI=1S/C32H22Cl2N2O/c1-35-25-15-5-3-9-19(25)17-27(35)32(28-18-20-10-4-6-16-26(20)36(28)2)22-12-8-13-23(33)29(22)31(37)21-11-7-14-24(34)30(21)32/h3-18H,1-2H3. The summed E-state index contributed by atoms with van der Waals surface area (Å²) < 4.78 is 4.45. The number of carbonyl (C=O) groups is 1. The van der Waals surface area contributed by atoms with Gasteiger partial charge in [-0.2, -0.15) is 0 Å². The van der Waals surface area contributed by atoms with Gasteiger partial charge < -0.3 is 9.13 Å². The van der Waals surface area contributed by atoms with Gasteiger partial charge in [0.1, 0.15) is 5.41 Å². The summed E-state index contributed by atoms with van der Waals surface area (Å²) in [4.78, 5) is 14.0. The first-order valence-corrected chi connectivity index (χ1v) is 12.9. The van der Waals surface area contributed by atoms with Gasteiger partial charge in [-0.1, -0.05) is 83.9 Å². The largest absolute Gasteiger partial charge is 0.346 e. The number of fused-ring (bicyclic) bond motifs is 4. The summed E-state index contributed by atoms with van der Waals surface area (Å²) in [5, 5.41) is 3.22. The molecule has 0 saturated heterocycles. The number of ketones is 1. The maximum Gasteiger partial charge on any atom is 0.195 e. The highest BCUT2D eigenvalue weighted by Gasteiger charge is 2.51. The highest BCUT2D eigenvalue weighted by Crippen LogP contribution is 2.55. The monoisotopic (exact) mass is 520 g/mol. The van der Waals surface area contributed by atoms with Crippen molar-refractivity contribution in [2.75, 3.05) is 0 Å². The van der Waals surface area contributed by atoms with Crippen LogP contribution in [0.1, 0.15) is 38.4 Å². The highest BCUT2D eigenvalue weighted by molar-refractivity contribution is 6.37. The van der Waals surface area contributed by atoms with Crippen LogP contribution in [0.25, 0.3) is 21.8 Å². The number of aromatic nitrogens is 2. The molecule has 0 aliphatic heterocycles. The van der Waals surface area contributed by atoms with Gasteiger partial charge in [0.05, 0.1) is 5.02 Å². The second-order valence-corrected chi connectivity index (χ2v) is 10.5. The first kappa shape index (κ1) is 22.4. The zero-order valence-corrected chi connectivity index (χ0v) is 21.8. The number of rotatable bonds is 2. The molecule has 0 radical (unpaired) electrons. The van der Waals surface area contributed by atoms with E-state index in [1.165, 1.54) is 0 Å². The maximum atomic E-state index is 14.0. The third-order valence-corrected chi connectivity index (χ3v) is 8.58. The van der Waals surface area contributed by atoms with Gasteiger partial charge in [0.2, 0.25) is 0 Å². The molecule has 7 rings (SSSR count). The molecule has 3 nitrogen and oxygen atoms in total. The van der Waals surface area contributed by atoms with Crippen LogP contribution in [0, 0.1) is 0 Å². The number of halogens is 2. The van der Waals surface area contributed by atoms with Crippen molar-refractivity contribution in [1.29, 1.82) is 0 Å². The lowest BCUT2D eigenvalue weighted by Gasteiger charge is -2.42. The van der Waals surface area contributed by atoms with Crippen LogP contribution in [0.3, 0.4) is 0 Å². The molecule has 0 atom stereocenters. The number of nitrogens with zero attached hydrogens (tertiary/aromatic N) is 2. The predicted octanol–water partition coefficient (Wildman–Crippen LogP) is 7.90. The summed E-state index contributed by atoms with van der Waals surface area (Å²) in [5.74, 6) is -0.105. The molecule has 4 aromatic carbocycles. The van der Waals surface area contributed by atoms with Crippen LogP contribution >= 0.6 is 23.2 Å². The smallest absolute Gasteiger partial charge is 0.195 e. The Morgan fingerprint density at radius 3 is 1.78 bits per heavy atom. The van der Waals surface area contributed by atoms with Crippen LogP contribution in [0.4, 0.5) is 0 Å². The Morgan fingerprint density at radius 2 is 1.19 bits per heavy atom. The molecule has 0 N–H and O–H groups in total. The number of hydrogen-bond acceptors (Lipinski definition) is 1. The Morgan fingerprint density at radius 1 is 0.649 bits per heavy atom. The summed E-state index contributed by atoms with van der Waals surface area (Å²) in [6.45, 7) is 0. The second kappa shape index (κ2) is 7.85. The van der Waals surface area contributed by atoms with Crippen molar-refractivity contribution in [1.82, 2.24) is 9.13 Å². The van der Waals surface area contributed by atoms with E-state index in [2.05, 4.69) is 59.6 Å². The van der Waals surface area contributed by atoms with Crippen LogP contribution in [0.5, 0.6) is 0 Å². The molecule has 0 bridgehead atoms. The second-order valence-electron chi connectivity index (χ2n) is 9.70. The lowest BCUT2D eigenvalue weighted by atomic mass is 9.62. The van der Waals surface area contributed by atoms with E-state index in [0.29, 0.717) is 21.2 Å². The van der Waals surface area contributed by atoms with Crippen molar-refractivity contribution in [3.8, 4) is 0 Å². The van der Waals surface area contributed by atoms with E-state index in [1.54, 1.807) is 6.07 Å². The Balaban J connectivity index is 1.78. The fourth-order valence-corrected chi connectivity index (χ4v) is 6.97.